The Morgan fingerprint density at radius 3 is 1.36 bits per heavy atom. The third-order valence-corrected chi connectivity index (χ3v) is 10.1. The maximum absolute atomic E-state index is 2.47. The second-order valence-corrected chi connectivity index (χ2v) is 13.0. The van der Waals surface area contributed by atoms with Gasteiger partial charge in [-0.25, -0.2) is 0 Å². The molecule has 0 bridgehead atoms. The SMILES string of the molecule is c1ccc(-c2ccc(-c3cccc(-n4c5ccccc5c5c4ccc4c6ccccc6n(-c6cccc(-c7ccccc7)c6)c45)c3)cc2)cc1. The smallest absolute Gasteiger partial charge is 0.0641 e. The summed E-state index contributed by atoms with van der Waals surface area (Å²) in [6.45, 7) is 0. The first-order chi connectivity index (χ1) is 24.8. The van der Waals surface area contributed by atoms with Gasteiger partial charge >= 0.3 is 0 Å². The first kappa shape index (κ1) is 28.4. The molecule has 0 aliphatic rings. The fraction of sp³-hybridized carbons (Fsp3) is 0. The lowest BCUT2D eigenvalue weighted by atomic mass is 10.00. The molecule has 10 aromatic rings. The first-order valence-electron chi connectivity index (χ1n) is 17.2. The van der Waals surface area contributed by atoms with Gasteiger partial charge in [-0.15, -0.1) is 0 Å². The second kappa shape index (κ2) is 11.5. The Hall–Kier alpha value is -6.64. The summed E-state index contributed by atoms with van der Waals surface area (Å²) in [4.78, 5) is 0. The van der Waals surface area contributed by atoms with Crippen molar-refractivity contribution in [3.8, 4) is 44.8 Å². The number of hydrogen-bond donors (Lipinski definition) is 0. The van der Waals surface area contributed by atoms with Crippen molar-refractivity contribution in [3.05, 3.63) is 194 Å². The van der Waals surface area contributed by atoms with Gasteiger partial charge in [0.25, 0.3) is 0 Å². The molecule has 10 rings (SSSR count). The van der Waals surface area contributed by atoms with Crippen LogP contribution in [0.4, 0.5) is 0 Å². The molecule has 0 aliphatic heterocycles. The molecule has 0 amide bonds. The molecule has 2 heterocycles. The minimum Gasteiger partial charge on any atom is -0.309 e. The highest BCUT2D eigenvalue weighted by molar-refractivity contribution is 6.26. The standard InChI is InChI=1S/C48H32N2/c1-3-13-33(14-4-1)35-25-27-36(28-26-35)38-18-11-19-39(31-38)49-45-24-10-8-22-43(45)47-46(49)30-29-42-41-21-7-9-23-44(41)50(48(42)47)40-20-12-17-37(32-40)34-15-5-2-6-16-34/h1-32H. The van der Waals surface area contributed by atoms with Crippen LogP contribution in [0.3, 0.4) is 0 Å². The van der Waals surface area contributed by atoms with E-state index in [0.717, 1.165) is 11.4 Å². The van der Waals surface area contributed by atoms with Crippen molar-refractivity contribution in [2.45, 2.75) is 0 Å². The van der Waals surface area contributed by atoms with Gasteiger partial charge in [-0.1, -0.05) is 152 Å². The quantitative estimate of drug-likeness (QED) is 0.178. The van der Waals surface area contributed by atoms with Gasteiger partial charge in [0.2, 0.25) is 0 Å². The van der Waals surface area contributed by atoms with E-state index in [9.17, 15) is 0 Å². The maximum Gasteiger partial charge on any atom is 0.0641 e. The molecule has 2 heteroatoms. The van der Waals surface area contributed by atoms with Gasteiger partial charge in [0.15, 0.2) is 0 Å². The van der Waals surface area contributed by atoms with Crippen LogP contribution in [0.1, 0.15) is 0 Å². The number of para-hydroxylation sites is 2. The third kappa shape index (κ3) is 4.50. The van der Waals surface area contributed by atoms with Crippen molar-refractivity contribution >= 4 is 43.6 Å². The molecule has 2 aromatic heterocycles. The van der Waals surface area contributed by atoms with Crippen LogP contribution in [0, 0.1) is 0 Å². The van der Waals surface area contributed by atoms with Crippen LogP contribution in [-0.2, 0) is 0 Å². The fourth-order valence-corrected chi connectivity index (χ4v) is 7.82. The second-order valence-electron chi connectivity index (χ2n) is 13.0. The summed E-state index contributed by atoms with van der Waals surface area (Å²) in [7, 11) is 0. The van der Waals surface area contributed by atoms with Crippen LogP contribution in [0.2, 0.25) is 0 Å². The highest BCUT2D eigenvalue weighted by Gasteiger charge is 2.21. The lowest BCUT2D eigenvalue weighted by Crippen LogP contribution is -1.96. The molecule has 2 nitrogen and oxygen atoms in total. The summed E-state index contributed by atoms with van der Waals surface area (Å²) in [6, 6.07) is 70.3. The number of nitrogens with zero attached hydrogens (tertiary/aromatic N) is 2. The molecule has 0 spiro atoms. The normalized spacial score (nSPS) is 11.6. The molecule has 0 N–H and O–H groups in total. The van der Waals surface area contributed by atoms with Crippen molar-refractivity contribution in [3.63, 3.8) is 0 Å². The lowest BCUT2D eigenvalue weighted by molar-refractivity contribution is 1.17. The van der Waals surface area contributed by atoms with Crippen LogP contribution < -0.4 is 0 Å². The van der Waals surface area contributed by atoms with E-state index in [-0.39, 0.29) is 0 Å². The van der Waals surface area contributed by atoms with E-state index in [1.54, 1.807) is 0 Å². The zero-order valence-electron chi connectivity index (χ0n) is 27.4. The van der Waals surface area contributed by atoms with Crippen molar-refractivity contribution in [2.24, 2.45) is 0 Å². The Labute approximate surface area is 290 Å². The van der Waals surface area contributed by atoms with E-state index in [0.29, 0.717) is 0 Å². The largest absolute Gasteiger partial charge is 0.309 e. The predicted octanol–water partition coefficient (Wildman–Crippen LogP) is 12.9. The molecule has 0 atom stereocenters. The minimum absolute atomic E-state index is 1.15. The van der Waals surface area contributed by atoms with Crippen molar-refractivity contribution in [1.29, 1.82) is 0 Å². The van der Waals surface area contributed by atoms with Crippen molar-refractivity contribution < 1.29 is 0 Å². The van der Waals surface area contributed by atoms with E-state index in [4.69, 9.17) is 0 Å². The summed E-state index contributed by atoms with van der Waals surface area (Å²) in [5.74, 6) is 0. The van der Waals surface area contributed by atoms with Gasteiger partial charge in [0.05, 0.1) is 22.1 Å². The molecule has 0 fully saturated rings. The molecule has 50 heavy (non-hydrogen) atoms. The van der Waals surface area contributed by atoms with Gasteiger partial charge in [0, 0.05) is 32.9 Å². The minimum atomic E-state index is 1.15. The zero-order valence-corrected chi connectivity index (χ0v) is 27.4. The number of hydrogen-bond acceptors (Lipinski definition) is 0. The number of rotatable bonds is 5. The summed E-state index contributed by atoms with van der Waals surface area (Å²) < 4.78 is 4.91. The van der Waals surface area contributed by atoms with E-state index in [1.165, 1.54) is 77.0 Å². The number of fused-ring (bicyclic) bond motifs is 7. The molecule has 0 saturated heterocycles. The van der Waals surface area contributed by atoms with E-state index in [1.807, 2.05) is 0 Å². The Morgan fingerprint density at radius 1 is 0.260 bits per heavy atom. The number of benzene rings is 8. The van der Waals surface area contributed by atoms with E-state index < -0.39 is 0 Å². The highest BCUT2D eigenvalue weighted by atomic mass is 15.0. The molecule has 0 saturated carbocycles. The van der Waals surface area contributed by atoms with E-state index >= 15 is 0 Å². The molecule has 234 valence electrons. The predicted molar refractivity (Wildman–Crippen MR) is 211 cm³/mol. The number of aromatic nitrogens is 2. The average molecular weight is 637 g/mol. The molecule has 0 radical (unpaired) electrons. The Kier molecular flexibility index (Phi) is 6.53. The van der Waals surface area contributed by atoms with Crippen LogP contribution in [0.25, 0.3) is 88.4 Å². The summed E-state index contributed by atoms with van der Waals surface area (Å²) >= 11 is 0. The van der Waals surface area contributed by atoms with Gasteiger partial charge in [-0.3, -0.25) is 0 Å². The Bertz CT molecular complexity index is 2840. The average Bonchev–Trinajstić information content (AvgIpc) is 3.72. The summed E-state index contributed by atoms with van der Waals surface area (Å²) in [5, 5.41) is 5.02. The molecule has 8 aromatic carbocycles. The topological polar surface area (TPSA) is 9.86 Å². The van der Waals surface area contributed by atoms with E-state index in [2.05, 4.69) is 203 Å². The van der Waals surface area contributed by atoms with Crippen LogP contribution >= 0.6 is 0 Å². The van der Waals surface area contributed by atoms with Crippen molar-refractivity contribution in [1.82, 2.24) is 9.13 Å². The van der Waals surface area contributed by atoms with Crippen LogP contribution in [0.5, 0.6) is 0 Å². The maximum atomic E-state index is 2.47. The lowest BCUT2D eigenvalue weighted by Gasteiger charge is -2.12. The summed E-state index contributed by atoms with van der Waals surface area (Å²) in [6.07, 6.45) is 0. The third-order valence-electron chi connectivity index (χ3n) is 10.1. The van der Waals surface area contributed by atoms with Gasteiger partial charge in [-0.05, 0) is 75.8 Å². The molecular weight excluding hydrogens is 605 g/mol. The molecule has 0 unspecified atom stereocenters. The molecular formula is C48H32N2. The first-order valence-corrected chi connectivity index (χ1v) is 17.2. The van der Waals surface area contributed by atoms with Gasteiger partial charge in [-0.2, -0.15) is 0 Å². The van der Waals surface area contributed by atoms with Crippen LogP contribution in [-0.4, -0.2) is 9.13 Å². The van der Waals surface area contributed by atoms with Gasteiger partial charge in [0.1, 0.15) is 0 Å². The van der Waals surface area contributed by atoms with Gasteiger partial charge < -0.3 is 9.13 Å². The summed E-state index contributed by atoms with van der Waals surface area (Å²) in [5.41, 5.74) is 14.4. The van der Waals surface area contributed by atoms with Crippen LogP contribution in [0.15, 0.2) is 194 Å². The van der Waals surface area contributed by atoms with Crippen molar-refractivity contribution in [2.75, 3.05) is 0 Å². The highest BCUT2D eigenvalue weighted by Crippen LogP contribution is 2.42. The fourth-order valence-electron chi connectivity index (χ4n) is 7.82. The zero-order chi connectivity index (χ0) is 33.0. The monoisotopic (exact) mass is 636 g/mol. The molecule has 0 aliphatic carbocycles. The Balaban J connectivity index is 1.20. The Morgan fingerprint density at radius 2 is 0.720 bits per heavy atom.